The maximum Gasteiger partial charge on any atom is -0.0533 e. The molecule has 0 heterocycles. The molecule has 0 radical (unpaired) electrons. The summed E-state index contributed by atoms with van der Waals surface area (Å²) in [6.07, 6.45) is 35.1. The summed E-state index contributed by atoms with van der Waals surface area (Å²) in [4.78, 5) is 0. The van der Waals surface area contributed by atoms with Crippen molar-refractivity contribution in [2.24, 2.45) is 0 Å². The fourth-order valence-corrected chi connectivity index (χ4v) is 3.41. The molecule has 0 aliphatic rings. The zero-order valence-corrected chi connectivity index (χ0v) is 27.7. The number of hydrogen-bond donors (Lipinski definition) is 0. The Labute approximate surface area is 229 Å². The van der Waals surface area contributed by atoms with E-state index in [4.69, 9.17) is 0 Å². The van der Waals surface area contributed by atoms with Crippen LogP contribution < -0.4 is 0 Å². The molecule has 0 spiro atoms. The molecule has 35 heavy (non-hydrogen) atoms. The molecular formula is C35H80. The highest BCUT2D eigenvalue weighted by Crippen LogP contribution is 2.06. The van der Waals surface area contributed by atoms with Gasteiger partial charge < -0.3 is 0 Å². The molecule has 0 aliphatic carbocycles. The maximum absolute atomic E-state index is 2.26. The molecule has 0 amide bonds. The first-order chi connectivity index (χ1) is 17.1. The molecule has 0 fully saturated rings. The lowest BCUT2D eigenvalue weighted by atomic mass is 10.1. The van der Waals surface area contributed by atoms with Crippen molar-refractivity contribution in [1.29, 1.82) is 0 Å². The van der Waals surface area contributed by atoms with Gasteiger partial charge in [0.15, 0.2) is 0 Å². The van der Waals surface area contributed by atoms with E-state index in [-0.39, 0.29) is 0 Å². The Bertz CT molecular complexity index is 210. The summed E-state index contributed by atoms with van der Waals surface area (Å²) in [5.74, 6) is 0. The molecule has 0 aromatic rings. The van der Waals surface area contributed by atoms with Crippen LogP contribution in [-0.4, -0.2) is 0 Å². The molecule has 0 bridgehead atoms. The highest BCUT2D eigenvalue weighted by Gasteiger charge is 1.86. The third kappa shape index (κ3) is 87.0. The van der Waals surface area contributed by atoms with Crippen molar-refractivity contribution in [2.75, 3.05) is 0 Å². The van der Waals surface area contributed by atoms with Gasteiger partial charge in [0.05, 0.1) is 0 Å². The summed E-state index contributed by atoms with van der Waals surface area (Å²) in [5, 5.41) is 0. The quantitative estimate of drug-likeness (QED) is 0.146. The van der Waals surface area contributed by atoms with Crippen molar-refractivity contribution >= 4 is 0 Å². The third-order valence-corrected chi connectivity index (χ3v) is 6.04. The summed E-state index contributed by atoms with van der Waals surface area (Å²) in [7, 11) is 0. The molecular weight excluding hydrogens is 420 g/mol. The van der Waals surface area contributed by atoms with Gasteiger partial charge in [-0.1, -0.05) is 230 Å². The van der Waals surface area contributed by atoms with Gasteiger partial charge in [-0.2, -0.15) is 0 Å². The molecule has 0 aromatic heterocycles. The van der Waals surface area contributed by atoms with Crippen molar-refractivity contribution in [3.05, 3.63) is 0 Å². The fourth-order valence-electron chi connectivity index (χ4n) is 3.41. The van der Waals surface area contributed by atoms with Crippen LogP contribution in [-0.2, 0) is 0 Å². The van der Waals surface area contributed by atoms with E-state index in [2.05, 4.69) is 69.2 Å². The van der Waals surface area contributed by atoms with Crippen LogP contribution in [0.4, 0.5) is 0 Å². The summed E-state index contributed by atoms with van der Waals surface area (Å²) in [6, 6.07) is 0. The van der Waals surface area contributed by atoms with Gasteiger partial charge in [-0.3, -0.25) is 0 Å². The summed E-state index contributed by atoms with van der Waals surface area (Å²) in [5.41, 5.74) is 0. The monoisotopic (exact) mass is 501 g/mol. The van der Waals surface area contributed by atoms with Gasteiger partial charge in [0, 0.05) is 0 Å². The van der Waals surface area contributed by atoms with Crippen molar-refractivity contribution < 1.29 is 0 Å². The summed E-state index contributed by atoms with van der Waals surface area (Å²) in [6.45, 7) is 22.4. The molecule has 0 unspecified atom stereocenters. The molecule has 0 rings (SSSR count). The number of unbranched alkanes of at least 4 members (excludes halogenated alkanes) is 20. The second-order valence-corrected chi connectivity index (χ2v) is 10.3. The van der Waals surface area contributed by atoms with Crippen molar-refractivity contribution in [1.82, 2.24) is 0 Å². The van der Waals surface area contributed by atoms with E-state index in [9.17, 15) is 0 Å². The van der Waals surface area contributed by atoms with Crippen molar-refractivity contribution in [2.45, 2.75) is 230 Å². The Morgan fingerprint density at radius 3 is 0.400 bits per heavy atom. The van der Waals surface area contributed by atoms with E-state index < -0.39 is 0 Å². The molecule has 0 aromatic carbocycles. The van der Waals surface area contributed by atoms with E-state index in [1.54, 1.807) is 0 Å². The van der Waals surface area contributed by atoms with E-state index in [0.717, 1.165) is 0 Å². The van der Waals surface area contributed by atoms with Crippen LogP contribution in [0, 0.1) is 0 Å². The molecule has 0 saturated carbocycles. The Morgan fingerprint density at radius 2 is 0.257 bits per heavy atom. The van der Waals surface area contributed by atoms with Gasteiger partial charge in [-0.25, -0.2) is 0 Å². The number of hydrogen-bond acceptors (Lipinski definition) is 0. The van der Waals surface area contributed by atoms with Crippen LogP contribution in [0.2, 0.25) is 0 Å². The minimum atomic E-state index is 1.34. The Balaban J connectivity index is -0.000000109. The van der Waals surface area contributed by atoms with Crippen molar-refractivity contribution in [3.63, 3.8) is 0 Å². The van der Waals surface area contributed by atoms with Crippen LogP contribution >= 0.6 is 0 Å². The van der Waals surface area contributed by atoms with Gasteiger partial charge in [-0.15, -0.1) is 0 Å². The van der Waals surface area contributed by atoms with Gasteiger partial charge in [-0.05, 0) is 0 Å². The Morgan fingerprint density at radius 1 is 0.143 bits per heavy atom. The van der Waals surface area contributed by atoms with Crippen LogP contribution in [0.5, 0.6) is 0 Å². The highest BCUT2D eigenvalue weighted by atomic mass is 13.9. The molecule has 0 aliphatic heterocycles. The topological polar surface area (TPSA) is 0 Å². The first-order valence-electron chi connectivity index (χ1n) is 17.1. The van der Waals surface area contributed by atoms with Crippen LogP contribution in [0.3, 0.4) is 0 Å². The SMILES string of the molecule is CCCCC.CCCCCC.CCCCCCC.CCCCCCCC.CCCCCCCCC. The molecule has 0 atom stereocenters. The smallest absolute Gasteiger partial charge is 0.0533 e. The molecule has 0 N–H and O–H groups in total. The van der Waals surface area contributed by atoms with E-state index in [1.165, 1.54) is 161 Å². The zero-order valence-electron chi connectivity index (χ0n) is 27.7. The average molecular weight is 501 g/mol. The number of rotatable bonds is 20. The average Bonchev–Trinajstić information content (AvgIpc) is 2.88. The highest BCUT2D eigenvalue weighted by molar-refractivity contribution is 4.41. The molecule has 0 heteroatoms. The predicted molar refractivity (Wildman–Crippen MR) is 172 cm³/mol. The van der Waals surface area contributed by atoms with Gasteiger partial charge in [0.1, 0.15) is 0 Å². The molecule has 0 saturated heterocycles. The lowest BCUT2D eigenvalue weighted by Crippen LogP contribution is -1.76. The maximum atomic E-state index is 2.26. The van der Waals surface area contributed by atoms with Gasteiger partial charge in [0.2, 0.25) is 0 Å². The normalized spacial score (nSPS) is 9.43. The van der Waals surface area contributed by atoms with Gasteiger partial charge >= 0.3 is 0 Å². The summed E-state index contributed by atoms with van der Waals surface area (Å²) >= 11 is 0. The second-order valence-electron chi connectivity index (χ2n) is 10.3. The van der Waals surface area contributed by atoms with E-state index in [0.29, 0.717) is 0 Å². The van der Waals surface area contributed by atoms with Gasteiger partial charge in [0.25, 0.3) is 0 Å². The zero-order chi connectivity index (χ0) is 27.7. The standard InChI is InChI=1S/C9H20.C8H18.C7H16.C6H14.C5H12/c1-3-5-7-9-8-6-4-2;1-3-5-7-8-6-4-2;1-3-5-7-6-4-2;1-3-5-6-4-2;1-3-5-4-2/h3-9H2,1-2H3;3-8H2,1-2H3;3-7H2,1-2H3;3-6H2,1-2H3;3-5H2,1-2H3. The minimum Gasteiger partial charge on any atom is -0.0654 e. The lowest BCUT2D eigenvalue weighted by Gasteiger charge is -1.96. The lowest BCUT2D eigenvalue weighted by molar-refractivity contribution is 0.602. The largest absolute Gasteiger partial charge is 0.0654 e. The Hall–Kier alpha value is 0. The second kappa shape index (κ2) is 59.2. The molecule has 220 valence electrons. The van der Waals surface area contributed by atoms with E-state index in [1.807, 2.05) is 0 Å². The van der Waals surface area contributed by atoms with E-state index >= 15 is 0 Å². The first-order valence-corrected chi connectivity index (χ1v) is 17.1. The fraction of sp³-hybridized carbons (Fsp3) is 1.00. The minimum absolute atomic E-state index is 1.34. The molecule has 0 nitrogen and oxygen atoms in total. The first kappa shape index (κ1) is 45.0. The van der Waals surface area contributed by atoms with Crippen LogP contribution in [0.25, 0.3) is 0 Å². The third-order valence-electron chi connectivity index (χ3n) is 6.04. The van der Waals surface area contributed by atoms with Crippen molar-refractivity contribution in [3.8, 4) is 0 Å². The van der Waals surface area contributed by atoms with Crippen LogP contribution in [0.1, 0.15) is 230 Å². The Kier molecular flexibility index (Phi) is 76.1. The summed E-state index contributed by atoms with van der Waals surface area (Å²) < 4.78 is 0. The van der Waals surface area contributed by atoms with Crippen LogP contribution in [0.15, 0.2) is 0 Å². The predicted octanol–water partition coefficient (Wildman–Crippen LogP) is 14.9.